The van der Waals surface area contributed by atoms with Gasteiger partial charge in [0.15, 0.2) is 0 Å². The molecule has 0 spiro atoms. The molecule has 100 valence electrons. The number of ether oxygens (including phenoxy) is 2. The van der Waals surface area contributed by atoms with Crippen molar-refractivity contribution in [1.82, 2.24) is 4.72 Å². The largest absolute Gasteiger partial charge is 0.496 e. The van der Waals surface area contributed by atoms with E-state index < -0.39 is 10.9 Å². The van der Waals surface area contributed by atoms with E-state index in [9.17, 15) is 8.42 Å². The van der Waals surface area contributed by atoms with Crippen LogP contribution in [0.1, 0.15) is 18.1 Å². The molecule has 1 rings (SSSR count). The topological polar surface area (TPSA) is 64.6 Å². The van der Waals surface area contributed by atoms with Crippen molar-refractivity contribution in [2.24, 2.45) is 0 Å². The molecule has 0 aliphatic rings. The standard InChI is InChI=1S/C12H17NO4S/c1-5-9-6-10(16-3)12(11(7-9)17-4)8(2)13-18(14)15/h6-7,18H,2,5H2,1,3-4H3,(H,13,14,15). The average Bonchev–Trinajstić information content (AvgIpc) is 2.35. The highest BCUT2D eigenvalue weighted by Crippen LogP contribution is 2.34. The first-order valence-electron chi connectivity index (χ1n) is 5.38. The van der Waals surface area contributed by atoms with Crippen molar-refractivity contribution in [3.8, 4) is 11.5 Å². The Morgan fingerprint density at radius 3 is 2.11 bits per heavy atom. The molecular weight excluding hydrogens is 254 g/mol. The van der Waals surface area contributed by atoms with E-state index in [-0.39, 0.29) is 5.70 Å². The van der Waals surface area contributed by atoms with Crippen LogP contribution in [-0.2, 0) is 17.3 Å². The Labute approximate surface area is 109 Å². The van der Waals surface area contributed by atoms with Gasteiger partial charge in [-0.05, 0) is 24.1 Å². The van der Waals surface area contributed by atoms with E-state index in [1.54, 1.807) is 0 Å². The number of benzene rings is 1. The number of rotatable bonds is 6. The molecule has 0 heterocycles. The molecule has 6 heteroatoms. The molecule has 0 saturated heterocycles. The number of aryl methyl sites for hydroxylation is 1. The molecule has 0 radical (unpaired) electrons. The smallest absolute Gasteiger partial charge is 0.222 e. The summed E-state index contributed by atoms with van der Waals surface area (Å²) < 4.78 is 34.1. The maximum Gasteiger partial charge on any atom is 0.222 e. The Balaban J connectivity index is 3.34. The lowest BCUT2D eigenvalue weighted by atomic mass is 10.1. The van der Waals surface area contributed by atoms with Crippen LogP contribution in [0.25, 0.3) is 5.70 Å². The number of hydrogen-bond donors (Lipinski definition) is 2. The van der Waals surface area contributed by atoms with Crippen LogP contribution < -0.4 is 14.2 Å². The Kier molecular flexibility index (Phi) is 5.03. The van der Waals surface area contributed by atoms with Gasteiger partial charge in [-0.3, -0.25) is 4.72 Å². The van der Waals surface area contributed by atoms with Gasteiger partial charge in [0.1, 0.15) is 11.5 Å². The SMILES string of the molecule is C=C(N[SH](=O)=O)c1c(OC)cc(CC)cc1OC. The molecule has 1 aromatic carbocycles. The lowest BCUT2D eigenvalue weighted by Gasteiger charge is -2.16. The van der Waals surface area contributed by atoms with Gasteiger partial charge in [0.25, 0.3) is 0 Å². The minimum absolute atomic E-state index is 0.225. The first kappa shape index (κ1) is 14.4. The fraction of sp³-hybridized carbons (Fsp3) is 0.333. The second kappa shape index (κ2) is 6.30. The van der Waals surface area contributed by atoms with Gasteiger partial charge < -0.3 is 9.47 Å². The Morgan fingerprint density at radius 2 is 1.78 bits per heavy atom. The summed E-state index contributed by atoms with van der Waals surface area (Å²) in [6.45, 7) is 5.69. The van der Waals surface area contributed by atoms with Crippen LogP contribution in [0.15, 0.2) is 18.7 Å². The second-order valence-corrected chi connectivity index (χ2v) is 4.31. The van der Waals surface area contributed by atoms with Crippen molar-refractivity contribution in [1.29, 1.82) is 0 Å². The normalized spacial score (nSPS) is 10.2. The zero-order valence-corrected chi connectivity index (χ0v) is 11.5. The Hall–Kier alpha value is -1.69. The van der Waals surface area contributed by atoms with Crippen LogP contribution >= 0.6 is 0 Å². The van der Waals surface area contributed by atoms with Crippen molar-refractivity contribution in [2.75, 3.05) is 14.2 Å². The summed E-state index contributed by atoms with van der Waals surface area (Å²) in [4.78, 5) is 0. The van der Waals surface area contributed by atoms with Crippen molar-refractivity contribution in [3.63, 3.8) is 0 Å². The van der Waals surface area contributed by atoms with Crippen LogP contribution in [0.5, 0.6) is 11.5 Å². The summed E-state index contributed by atoms with van der Waals surface area (Å²) in [5, 5.41) is 0. The van der Waals surface area contributed by atoms with Crippen LogP contribution in [0.2, 0.25) is 0 Å². The maximum absolute atomic E-state index is 10.7. The number of thiol groups is 1. The Bertz CT molecular complexity index is 490. The number of nitrogens with one attached hydrogen (secondary N) is 1. The first-order chi connectivity index (χ1) is 8.53. The van der Waals surface area contributed by atoms with Gasteiger partial charge in [-0.15, -0.1) is 0 Å². The summed E-state index contributed by atoms with van der Waals surface area (Å²) in [5.41, 5.74) is 1.77. The van der Waals surface area contributed by atoms with E-state index in [2.05, 4.69) is 11.3 Å². The van der Waals surface area contributed by atoms with Crippen LogP contribution in [0.3, 0.4) is 0 Å². The molecule has 0 aromatic heterocycles. The molecule has 0 saturated carbocycles. The molecule has 0 bridgehead atoms. The molecule has 0 fully saturated rings. The third kappa shape index (κ3) is 3.16. The Morgan fingerprint density at radius 1 is 1.28 bits per heavy atom. The zero-order chi connectivity index (χ0) is 13.7. The number of hydrogen-bond acceptors (Lipinski definition) is 4. The highest BCUT2D eigenvalue weighted by molar-refractivity contribution is 7.70. The molecule has 0 aliphatic heterocycles. The van der Waals surface area contributed by atoms with E-state index in [4.69, 9.17) is 9.47 Å². The van der Waals surface area contributed by atoms with Crippen LogP contribution in [-0.4, -0.2) is 22.6 Å². The van der Waals surface area contributed by atoms with Gasteiger partial charge in [-0.25, -0.2) is 8.42 Å². The van der Waals surface area contributed by atoms with Crippen LogP contribution in [0, 0.1) is 0 Å². The summed E-state index contributed by atoms with van der Waals surface area (Å²) in [7, 11) is 0.262. The van der Waals surface area contributed by atoms with Crippen molar-refractivity contribution >= 4 is 16.6 Å². The average molecular weight is 271 g/mol. The molecule has 5 nitrogen and oxygen atoms in total. The first-order valence-corrected chi connectivity index (χ1v) is 6.56. The van der Waals surface area contributed by atoms with Crippen LogP contribution in [0.4, 0.5) is 0 Å². The predicted octanol–water partition coefficient (Wildman–Crippen LogP) is 1.35. The fourth-order valence-electron chi connectivity index (χ4n) is 1.63. The molecule has 1 aromatic rings. The van der Waals surface area contributed by atoms with Crippen molar-refractivity contribution < 1.29 is 17.9 Å². The van der Waals surface area contributed by atoms with Gasteiger partial charge in [-0.2, -0.15) is 0 Å². The third-order valence-electron chi connectivity index (χ3n) is 2.50. The molecule has 18 heavy (non-hydrogen) atoms. The highest BCUT2D eigenvalue weighted by Gasteiger charge is 2.15. The minimum atomic E-state index is -2.77. The molecule has 0 unspecified atom stereocenters. The van der Waals surface area contributed by atoms with Gasteiger partial charge in [0.05, 0.1) is 25.5 Å². The predicted molar refractivity (Wildman–Crippen MR) is 71.4 cm³/mol. The minimum Gasteiger partial charge on any atom is -0.496 e. The lowest BCUT2D eigenvalue weighted by molar-refractivity contribution is 0.391. The zero-order valence-electron chi connectivity index (χ0n) is 10.6. The van der Waals surface area contributed by atoms with Gasteiger partial charge in [0, 0.05) is 0 Å². The quantitative estimate of drug-likeness (QED) is 0.767. The van der Waals surface area contributed by atoms with Gasteiger partial charge in [-0.1, -0.05) is 13.5 Å². The molecule has 1 N–H and O–H groups in total. The fourth-order valence-corrected chi connectivity index (χ4v) is 1.97. The van der Waals surface area contributed by atoms with Crippen molar-refractivity contribution in [2.45, 2.75) is 13.3 Å². The highest BCUT2D eigenvalue weighted by atomic mass is 32.2. The van der Waals surface area contributed by atoms with Gasteiger partial charge in [0.2, 0.25) is 10.9 Å². The monoisotopic (exact) mass is 271 g/mol. The molecule has 0 atom stereocenters. The van der Waals surface area contributed by atoms with E-state index in [0.29, 0.717) is 17.1 Å². The summed E-state index contributed by atoms with van der Waals surface area (Å²) in [5.74, 6) is 1.06. The second-order valence-electron chi connectivity index (χ2n) is 3.58. The van der Waals surface area contributed by atoms with Gasteiger partial charge >= 0.3 is 0 Å². The van der Waals surface area contributed by atoms with E-state index in [1.807, 2.05) is 19.1 Å². The van der Waals surface area contributed by atoms with E-state index in [1.165, 1.54) is 14.2 Å². The molecular formula is C12H17NO4S. The third-order valence-corrected chi connectivity index (χ3v) is 2.95. The maximum atomic E-state index is 10.7. The van der Waals surface area contributed by atoms with E-state index in [0.717, 1.165) is 12.0 Å². The summed E-state index contributed by atoms with van der Waals surface area (Å²) in [6, 6.07) is 3.67. The lowest BCUT2D eigenvalue weighted by Crippen LogP contribution is -2.10. The molecule has 0 amide bonds. The summed E-state index contributed by atoms with van der Waals surface area (Å²) in [6.07, 6.45) is 0.822. The van der Waals surface area contributed by atoms with E-state index >= 15 is 0 Å². The number of methoxy groups -OCH3 is 2. The molecule has 0 aliphatic carbocycles. The van der Waals surface area contributed by atoms with Crippen molar-refractivity contribution in [3.05, 3.63) is 29.8 Å². The summed E-state index contributed by atoms with van der Waals surface area (Å²) >= 11 is 0.